The Labute approximate surface area is 118 Å². The van der Waals surface area contributed by atoms with Crippen molar-refractivity contribution in [2.24, 2.45) is 0 Å². The molecule has 6 nitrogen and oxygen atoms in total. The molecular weight excluding hydrogens is 252 g/mol. The normalized spacial score (nSPS) is 10.7. The van der Waals surface area contributed by atoms with E-state index in [9.17, 15) is 0 Å². The van der Waals surface area contributed by atoms with Gasteiger partial charge in [0.1, 0.15) is 23.5 Å². The summed E-state index contributed by atoms with van der Waals surface area (Å²) in [6.07, 6.45) is 4.95. The van der Waals surface area contributed by atoms with Gasteiger partial charge in [-0.2, -0.15) is 5.26 Å². The van der Waals surface area contributed by atoms with E-state index in [1.165, 1.54) is 6.33 Å². The van der Waals surface area contributed by atoms with Gasteiger partial charge in [-0.1, -0.05) is 0 Å². The SMILES string of the molecule is CN(c1cccnc1)c1cc(NC(C)(C)C#N)ncn1. The van der Waals surface area contributed by atoms with Gasteiger partial charge in [0, 0.05) is 19.3 Å². The zero-order valence-electron chi connectivity index (χ0n) is 11.7. The summed E-state index contributed by atoms with van der Waals surface area (Å²) in [6, 6.07) is 7.78. The lowest BCUT2D eigenvalue weighted by Gasteiger charge is -2.21. The first-order valence-corrected chi connectivity index (χ1v) is 6.17. The standard InChI is InChI=1S/C14H16N6/c1-14(2,9-15)19-12-7-13(18-10-17-12)20(3)11-5-4-6-16-8-11/h4-8,10H,1-3H3,(H,17,18,19). The second-order valence-electron chi connectivity index (χ2n) is 4.89. The van der Waals surface area contributed by atoms with E-state index in [4.69, 9.17) is 5.26 Å². The first-order valence-electron chi connectivity index (χ1n) is 6.17. The molecule has 0 fully saturated rings. The highest BCUT2D eigenvalue weighted by atomic mass is 15.2. The van der Waals surface area contributed by atoms with Crippen molar-refractivity contribution in [3.8, 4) is 6.07 Å². The van der Waals surface area contributed by atoms with Crippen LogP contribution in [0.5, 0.6) is 0 Å². The van der Waals surface area contributed by atoms with Crippen molar-refractivity contribution in [1.29, 1.82) is 5.26 Å². The fraction of sp³-hybridized carbons (Fsp3) is 0.286. The fourth-order valence-corrected chi connectivity index (χ4v) is 1.63. The molecule has 20 heavy (non-hydrogen) atoms. The van der Waals surface area contributed by atoms with Gasteiger partial charge >= 0.3 is 0 Å². The van der Waals surface area contributed by atoms with E-state index in [1.807, 2.05) is 24.1 Å². The van der Waals surface area contributed by atoms with E-state index in [-0.39, 0.29) is 0 Å². The average molecular weight is 268 g/mol. The minimum atomic E-state index is -0.682. The number of pyridine rings is 1. The van der Waals surface area contributed by atoms with E-state index in [0.29, 0.717) is 5.82 Å². The number of nitriles is 1. The Morgan fingerprint density at radius 2 is 2.15 bits per heavy atom. The minimum Gasteiger partial charge on any atom is -0.352 e. The molecule has 0 aliphatic heterocycles. The van der Waals surface area contributed by atoms with Crippen LogP contribution in [0.2, 0.25) is 0 Å². The zero-order chi connectivity index (χ0) is 14.6. The molecule has 0 atom stereocenters. The molecule has 0 spiro atoms. The molecule has 102 valence electrons. The summed E-state index contributed by atoms with van der Waals surface area (Å²) in [5.74, 6) is 1.33. The fourth-order valence-electron chi connectivity index (χ4n) is 1.63. The number of hydrogen-bond acceptors (Lipinski definition) is 6. The highest BCUT2D eigenvalue weighted by Gasteiger charge is 2.17. The largest absolute Gasteiger partial charge is 0.352 e. The molecule has 6 heteroatoms. The third kappa shape index (κ3) is 3.20. The zero-order valence-corrected chi connectivity index (χ0v) is 11.7. The Kier molecular flexibility index (Phi) is 3.80. The van der Waals surface area contributed by atoms with Gasteiger partial charge in [-0.25, -0.2) is 9.97 Å². The molecule has 0 aliphatic carbocycles. The number of hydrogen-bond donors (Lipinski definition) is 1. The van der Waals surface area contributed by atoms with Crippen LogP contribution in [-0.4, -0.2) is 27.5 Å². The Morgan fingerprint density at radius 1 is 1.35 bits per heavy atom. The van der Waals surface area contributed by atoms with Gasteiger partial charge in [0.2, 0.25) is 0 Å². The van der Waals surface area contributed by atoms with Crippen LogP contribution in [0.25, 0.3) is 0 Å². The third-order valence-corrected chi connectivity index (χ3v) is 2.75. The smallest absolute Gasteiger partial charge is 0.138 e. The van der Waals surface area contributed by atoms with E-state index in [0.717, 1.165) is 11.5 Å². The van der Waals surface area contributed by atoms with Crippen LogP contribution in [0.4, 0.5) is 17.3 Å². The Morgan fingerprint density at radius 3 is 2.80 bits per heavy atom. The van der Waals surface area contributed by atoms with Crippen molar-refractivity contribution >= 4 is 17.3 Å². The van der Waals surface area contributed by atoms with E-state index < -0.39 is 5.54 Å². The molecular formula is C14H16N6. The Hall–Kier alpha value is -2.68. The molecule has 2 heterocycles. The third-order valence-electron chi connectivity index (χ3n) is 2.75. The second-order valence-corrected chi connectivity index (χ2v) is 4.89. The van der Waals surface area contributed by atoms with Gasteiger partial charge in [0.05, 0.1) is 18.0 Å². The first kappa shape index (κ1) is 13.7. The van der Waals surface area contributed by atoms with Crippen LogP contribution in [0.3, 0.4) is 0 Å². The summed E-state index contributed by atoms with van der Waals surface area (Å²) in [4.78, 5) is 14.4. The highest BCUT2D eigenvalue weighted by molar-refractivity contribution is 5.60. The lowest BCUT2D eigenvalue weighted by atomic mass is 10.1. The molecule has 0 unspecified atom stereocenters. The van der Waals surface area contributed by atoms with E-state index >= 15 is 0 Å². The number of nitrogens with zero attached hydrogens (tertiary/aromatic N) is 5. The number of rotatable bonds is 4. The maximum atomic E-state index is 9.04. The van der Waals surface area contributed by atoms with Gasteiger partial charge in [0.15, 0.2) is 0 Å². The molecule has 0 bridgehead atoms. The van der Waals surface area contributed by atoms with E-state index in [2.05, 4.69) is 26.3 Å². The van der Waals surface area contributed by atoms with Crippen molar-refractivity contribution in [1.82, 2.24) is 15.0 Å². The van der Waals surface area contributed by atoms with Crippen LogP contribution in [0, 0.1) is 11.3 Å². The van der Waals surface area contributed by atoms with Gasteiger partial charge in [-0.05, 0) is 26.0 Å². The predicted octanol–water partition coefficient (Wildman–Crippen LogP) is 2.35. The van der Waals surface area contributed by atoms with Crippen molar-refractivity contribution in [2.75, 3.05) is 17.3 Å². The summed E-state index contributed by atoms with van der Waals surface area (Å²) >= 11 is 0. The molecule has 0 amide bonds. The quantitative estimate of drug-likeness (QED) is 0.917. The molecule has 2 aromatic rings. The molecule has 0 aliphatic rings. The van der Waals surface area contributed by atoms with Crippen molar-refractivity contribution in [3.05, 3.63) is 36.9 Å². The van der Waals surface area contributed by atoms with Crippen molar-refractivity contribution in [2.45, 2.75) is 19.4 Å². The highest BCUT2D eigenvalue weighted by Crippen LogP contribution is 2.22. The van der Waals surface area contributed by atoms with Gasteiger partial charge in [-0.15, -0.1) is 0 Å². The first-order chi connectivity index (χ1) is 9.52. The Bertz CT molecular complexity index is 617. The molecule has 1 N–H and O–H groups in total. The molecule has 2 aromatic heterocycles. The molecule has 2 rings (SSSR count). The topological polar surface area (TPSA) is 77.7 Å². The molecule has 0 aromatic carbocycles. The lowest BCUT2D eigenvalue weighted by molar-refractivity contribution is 0.722. The second kappa shape index (κ2) is 5.53. The van der Waals surface area contributed by atoms with Crippen LogP contribution in [-0.2, 0) is 0 Å². The number of nitrogens with one attached hydrogen (secondary N) is 1. The summed E-state index contributed by atoms with van der Waals surface area (Å²) in [5.41, 5.74) is 0.245. The Balaban J connectivity index is 2.25. The van der Waals surface area contributed by atoms with Crippen LogP contribution in [0.1, 0.15) is 13.8 Å². The van der Waals surface area contributed by atoms with Crippen LogP contribution < -0.4 is 10.2 Å². The minimum absolute atomic E-state index is 0.609. The predicted molar refractivity (Wildman–Crippen MR) is 77.6 cm³/mol. The monoisotopic (exact) mass is 268 g/mol. The maximum absolute atomic E-state index is 9.04. The van der Waals surface area contributed by atoms with E-state index in [1.54, 1.807) is 32.3 Å². The number of anilines is 3. The molecule has 0 saturated carbocycles. The lowest BCUT2D eigenvalue weighted by Crippen LogP contribution is -2.29. The maximum Gasteiger partial charge on any atom is 0.138 e. The summed E-state index contributed by atoms with van der Waals surface area (Å²) in [7, 11) is 1.90. The average Bonchev–Trinajstić information content (AvgIpc) is 2.47. The van der Waals surface area contributed by atoms with Gasteiger partial charge in [-0.3, -0.25) is 4.98 Å². The van der Waals surface area contributed by atoms with Crippen LogP contribution in [0.15, 0.2) is 36.9 Å². The number of aromatic nitrogens is 3. The summed E-state index contributed by atoms with van der Waals surface area (Å²) in [5, 5.41) is 12.1. The summed E-state index contributed by atoms with van der Waals surface area (Å²) in [6.45, 7) is 3.58. The summed E-state index contributed by atoms with van der Waals surface area (Å²) < 4.78 is 0. The van der Waals surface area contributed by atoms with Gasteiger partial charge in [0.25, 0.3) is 0 Å². The van der Waals surface area contributed by atoms with Gasteiger partial charge < -0.3 is 10.2 Å². The van der Waals surface area contributed by atoms with Crippen molar-refractivity contribution < 1.29 is 0 Å². The molecule has 0 radical (unpaired) electrons. The van der Waals surface area contributed by atoms with Crippen LogP contribution >= 0.6 is 0 Å². The molecule has 0 saturated heterocycles. The van der Waals surface area contributed by atoms with Crippen molar-refractivity contribution in [3.63, 3.8) is 0 Å².